The largest absolute Gasteiger partial charge is 0.364 e. The molecule has 1 aromatic carbocycles. The van der Waals surface area contributed by atoms with Gasteiger partial charge >= 0.3 is 0 Å². The van der Waals surface area contributed by atoms with E-state index in [1.807, 2.05) is 23.1 Å². The lowest BCUT2D eigenvalue weighted by Crippen LogP contribution is -2.64. The van der Waals surface area contributed by atoms with Gasteiger partial charge in [0.05, 0.1) is 31.9 Å². The lowest BCUT2D eigenvalue weighted by molar-refractivity contribution is -0.144. The summed E-state index contributed by atoms with van der Waals surface area (Å²) in [5.41, 5.74) is 2.32. The SMILES string of the molecule is CON1CC(Nc2ccc3[nH]ncc3c2)N(c2ncncn2)C(C(=O)c2cccnc2)C1. The number of carbonyl (C=O) groups excluding carboxylic acids is 1. The Morgan fingerprint density at radius 2 is 2.03 bits per heavy atom. The molecule has 2 atom stereocenters. The van der Waals surface area contributed by atoms with Crippen LogP contribution in [0.25, 0.3) is 10.9 Å². The molecule has 1 aliphatic rings. The molecule has 2 unspecified atom stereocenters. The predicted molar refractivity (Wildman–Crippen MR) is 117 cm³/mol. The van der Waals surface area contributed by atoms with Crippen molar-refractivity contribution in [3.63, 3.8) is 0 Å². The van der Waals surface area contributed by atoms with Gasteiger partial charge in [-0.3, -0.25) is 14.9 Å². The first kappa shape index (κ1) is 20.0. The maximum atomic E-state index is 13.5. The van der Waals surface area contributed by atoms with Gasteiger partial charge in [-0.25, -0.2) is 15.0 Å². The van der Waals surface area contributed by atoms with Crippen molar-refractivity contribution >= 4 is 28.3 Å². The van der Waals surface area contributed by atoms with Gasteiger partial charge < -0.3 is 15.1 Å². The molecular weight excluding hydrogens is 410 g/mol. The van der Waals surface area contributed by atoms with Crippen LogP contribution in [-0.4, -0.2) is 73.4 Å². The highest BCUT2D eigenvalue weighted by molar-refractivity contribution is 6.02. The predicted octanol–water partition coefficient (Wildman–Crippen LogP) is 1.52. The molecule has 32 heavy (non-hydrogen) atoms. The van der Waals surface area contributed by atoms with Crippen molar-refractivity contribution in [1.82, 2.24) is 35.2 Å². The van der Waals surface area contributed by atoms with E-state index in [9.17, 15) is 4.79 Å². The smallest absolute Gasteiger partial charge is 0.230 e. The molecule has 4 aromatic rings. The molecule has 0 saturated carbocycles. The first-order valence-corrected chi connectivity index (χ1v) is 10.1. The number of aromatic nitrogens is 6. The van der Waals surface area contributed by atoms with Crippen LogP contribution in [0.15, 0.2) is 61.6 Å². The zero-order valence-corrected chi connectivity index (χ0v) is 17.3. The van der Waals surface area contributed by atoms with Crippen molar-refractivity contribution in [2.45, 2.75) is 12.2 Å². The number of carbonyl (C=O) groups is 1. The average molecular weight is 431 g/mol. The van der Waals surface area contributed by atoms with Gasteiger partial charge in [0, 0.05) is 29.0 Å². The van der Waals surface area contributed by atoms with Crippen LogP contribution >= 0.6 is 0 Å². The molecule has 1 aliphatic heterocycles. The Hall–Kier alpha value is -3.96. The number of aromatic amines is 1. The Morgan fingerprint density at radius 3 is 2.81 bits per heavy atom. The Bertz CT molecular complexity index is 1200. The number of nitrogens with one attached hydrogen (secondary N) is 2. The second kappa shape index (κ2) is 8.65. The number of pyridine rings is 1. The van der Waals surface area contributed by atoms with Crippen LogP contribution in [0.2, 0.25) is 0 Å². The molecule has 1 saturated heterocycles. The number of piperazine rings is 1. The Balaban J connectivity index is 1.53. The number of ketones is 1. The van der Waals surface area contributed by atoms with Gasteiger partial charge in [0.25, 0.3) is 0 Å². The maximum absolute atomic E-state index is 13.5. The van der Waals surface area contributed by atoms with Gasteiger partial charge in [0.15, 0.2) is 5.78 Å². The van der Waals surface area contributed by atoms with E-state index in [2.05, 4.69) is 35.5 Å². The molecule has 0 spiro atoms. The maximum Gasteiger partial charge on any atom is 0.230 e. The van der Waals surface area contributed by atoms with Crippen molar-refractivity contribution in [1.29, 1.82) is 0 Å². The summed E-state index contributed by atoms with van der Waals surface area (Å²) in [5.74, 6) is 0.303. The van der Waals surface area contributed by atoms with Crippen LogP contribution in [0.1, 0.15) is 10.4 Å². The van der Waals surface area contributed by atoms with Crippen LogP contribution in [0, 0.1) is 0 Å². The number of benzene rings is 1. The van der Waals surface area contributed by atoms with Gasteiger partial charge in [0.1, 0.15) is 24.9 Å². The molecule has 4 heterocycles. The summed E-state index contributed by atoms with van der Waals surface area (Å²) in [5, 5.41) is 13.3. The van der Waals surface area contributed by atoms with E-state index in [0.717, 1.165) is 16.6 Å². The third kappa shape index (κ3) is 3.86. The highest BCUT2D eigenvalue weighted by Gasteiger charge is 2.41. The second-order valence-electron chi connectivity index (χ2n) is 7.33. The van der Waals surface area contributed by atoms with Crippen molar-refractivity contribution in [2.75, 3.05) is 30.4 Å². The normalized spacial score (nSPS) is 19.2. The van der Waals surface area contributed by atoms with E-state index in [-0.39, 0.29) is 11.9 Å². The second-order valence-corrected chi connectivity index (χ2v) is 7.33. The van der Waals surface area contributed by atoms with E-state index in [1.165, 1.54) is 12.7 Å². The average Bonchev–Trinajstić information content (AvgIpc) is 3.32. The fourth-order valence-electron chi connectivity index (χ4n) is 3.90. The molecule has 0 aliphatic carbocycles. The Labute approximate surface area is 183 Å². The van der Waals surface area contributed by atoms with Gasteiger partial charge in [-0.2, -0.15) is 10.2 Å². The number of H-pyrrole nitrogens is 1. The summed E-state index contributed by atoms with van der Waals surface area (Å²) in [6, 6.07) is 8.79. The van der Waals surface area contributed by atoms with Crippen LogP contribution in [-0.2, 0) is 4.84 Å². The Morgan fingerprint density at radius 1 is 1.16 bits per heavy atom. The third-order valence-corrected chi connectivity index (χ3v) is 5.42. The van der Waals surface area contributed by atoms with Gasteiger partial charge in [-0.15, -0.1) is 0 Å². The monoisotopic (exact) mass is 431 g/mol. The molecule has 1 fully saturated rings. The lowest BCUT2D eigenvalue weighted by atomic mass is 10.0. The number of rotatable bonds is 6. The van der Waals surface area contributed by atoms with E-state index < -0.39 is 6.04 Å². The summed E-state index contributed by atoms with van der Waals surface area (Å²) >= 11 is 0. The van der Waals surface area contributed by atoms with Gasteiger partial charge in [-0.1, -0.05) is 0 Å². The zero-order valence-electron chi connectivity index (χ0n) is 17.3. The molecule has 2 N–H and O–H groups in total. The molecule has 0 bridgehead atoms. The minimum Gasteiger partial charge on any atom is -0.364 e. The molecule has 11 nitrogen and oxygen atoms in total. The van der Waals surface area contributed by atoms with E-state index in [4.69, 9.17) is 4.84 Å². The summed E-state index contributed by atoms with van der Waals surface area (Å²) in [6.07, 6.45) is 7.45. The lowest BCUT2D eigenvalue weighted by Gasteiger charge is -2.45. The first-order valence-electron chi connectivity index (χ1n) is 10.1. The van der Waals surface area contributed by atoms with Crippen LogP contribution in [0.4, 0.5) is 11.6 Å². The van der Waals surface area contributed by atoms with E-state index in [0.29, 0.717) is 24.6 Å². The summed E-state index contributed by atoms with van der Waals surface area (Å²) in [6.45, 7) is 0.817. The number of hydroxylamine groups is 2. The van der Waals surface area contributed by atoms with Gasteiger partial charge in [-0.05, 0) is 30.3 Å². The van der Waals surface area contributed by atoms with Crippen LogP contribution in [0.3, 0.4) is 0 Å². The number of Topliss-reactive ketones (excluding diaryl/α,β-unsaturated/α-hetero) is 1. The molecule has 3 aromatic heterocycles. The molecule has 0 amide bonds. The highest BCUT2D eigenvalue weighted by Crippen LogP contribution is 2.26. The first-order chi connectivity index (χ1) is 15.7. The molecule has 162 valence electrons. The van der Waals surface area contributed by atoms with E-state index in [1.54, 1.807) is 42.9 Å². The highest BCUT2D eigenvalue weighted by atomic mass is 16.7. The molecule has 11 heteroatoms. The summed E-state index contributed by atoms with van der Waals surface area (Å²) in [4.78, 5) is 37.6. The van der Waals surface area contributed by atoms with Crippen molar-refractivity contribution in [3.8, 4) is 0 Å². The number of hydrogen-bond acceptors (Lipinski definition) is 10. The standard InChI is InChI=1S/C21H21N9O2/c1-32-29-10-18(20(31)14-3-2-6-22-8-14)30(21-24-12-23-13-25-21)19(11-29)27-16-4-5-17-15(7-16)9-26-28-17/h2-9,12-13,18-19,27H,10-11H2,1H3,(H,26,28). The molecule has 5 rings (SSSR count). The minimum absolute atomic E-state index is 0.0997. The fourth-order valence-corrected chi connectivity index (χ4v) is 3.90. The summed E-state index contributed by atoms with van der Waals surface area (Å²) in [7, 11) is 1.60. The van der Waals surface area contributed by atoms with Crippen LogP contribution < -0.4 is 10.2 Å². The number of fused-ring (bicyclic) bond motifs is 1. The topological polar surface area (TPSA) is 125 Å². The van der Waals surface area contributed by atoms with Gasteiger partial charge in [0.2, 0.25) is 5.95 Å². The molecule has 0 radical (unpaired) electrons. The zero-order chi connectivity index (χ0) is 21.9. The fraction of sp³-hybridized carbons (Fsp3) is 0.238. The number of nitrogens with zero attached hydrogens (tertiary/aromatic N) is 7. The quantitative estimate of drug-likeness (QED) is 0.434. The minimum atomic E-state index is -0.606. The number of anilines is 2. The van der Waals surface area contributed by atoms with Crippen molar-refractivity contribution in [3.05, 3.63) is 67.1 Å². The summed E-state index contributed by atoms with van der Waals surface area (Å²) < 4.78 is 0. The van der Waals surface area contributed by atoms with E-state index >= 15 is 0 Å². The van der Waals surface area contributed by atoms with Crippen molar-refractivity contribution in [2.24, 2.45) is 0 Å². The third-order valence-electron chi connectivity index (χ3n) is 5.42. The van der Waals surface area contributed by atoms with Crippen LogP contribution in [0.5, 0.6) is 0 Å². The van der Waals surface area contributed by atoms with Crippen molar-refractivity contribution < 1.29 is 9.63 Å². The Kier molecular flexibility index (Phi) is 5.40. The number of hydrogen-bond donors (Lipinski definition) is 2. The molecular formula is C21H21N9O2.